The average molecular weight is 310 g/mol. The number of likely N-dealkylation sites (N-methyl/N-ethyl adjacent to an activating group) is 1. The Morgan fingerprint density at radius 1 is 1.14 bits per heavy atom. The van der Waals surface area contributed by atoms with E-state index >= 15 is 0 Å². The molecule has 0 saturated heterocycles. The molecule has 4 heteroatoms. The minimum absolute atomic E-state index is 0.0403. The molecule has 0 saturated carbocycles. The standard InChI is InChI=1S/C17H31NO2Si/c1-17(2,3)21(6,7)20-13-15(18(4)5)16(19)14-11-9-8-10-12-14/h8-12,15-16,19H,13H2,1-7H3/t15-,16-/m0/s1. The molecule has 0 bridgehead atoms. The molecule has 0 unspecified atom stereocenters. The smallest absolute Gasteiger partial charge is 0.192 e. The van der Waals surface area contributed by atoms with Crippen molar-refractivity contribution in [1.29, 1.82) is 0 Å². The van der Waals surface area contributed by atoms with E-state index in [1.165, 1.54) is 0 Å². The maximum atomic E-state index is 10.6. The average Bonchev–Trinajstić information content (AvgIpc) is 2.37. The Balaban J connectivity index is 2.80. The van der Waals surface area contributed by atoms with Gasteiger partial charge in [-0.2, -0.15) is 0 Å². The molecule has 2 atom stereocenters. The van der Waals surface area contributed by atoms with Gasteiger partial charge in [-0.15, -0.1) is 0 Å². The van der Waals surface area contributed by atoms with Crippen LogP contribution < -0.4 is 0 Å². The van der Waals surface area contributed by atoms with Gasteiger partial charge in [0.25, 0.3) is 0 Å². The second-order valence-corrected chi connectivity index (χ2v) is 12.3. The van der Waals surface area contributed by atoms with Gasteiger partial charge in [0.15, 0.2) is 8.32 Å². The SMILES string of the molecule is CN(C)[C@@H](CO[Si](C)(C)C(C)(C)C)[C@@H](O)c1ccccc1. The number of aliphatic hydroxyl groups excluding tert-OH is 1. The molecule has 0 aromatic heterocycles. The molecular weight excluding hydrogens is 278 g/mol. The van der Waals surface area contributed by atoms with Crippen LogP contribution >= 0.6 is 0 Å². The molecule has 0 aliphatic carbocycles. The molecule has 3 nitrogen and oxygen atoms in total. The monoisotopic (exact) mass is 309 g/mol. The Morgan fingerprint density at radius 2 is 1.67 bits per heavy atom. The van der Waals surface area contributed by atoms with Gasteiger partial charge in [-0.05, 0) is 37.8 Å². The number of aliphatic hydroxyl groups is 1. The summed E-state index contributed by atoms with van der Waals surface area (Å²) in [5, 5.41) is 10.8. The zero-order chi connectivity index (χ0) is 16.3. The lowest BCUT2D eigenvalue weighted by Crippen LogP contribution is -2.46. The van der Waals surface area contributed by atoms with Crippen LogP contribution in [0.25, 0.3) is 0 Å². The fraction of sp³-hybridized carbons (Fsp3) is 0.647. The number of hydrogen-bond acceptors (Lipinski definition) is 3. The second kappa shape index (κ2) is 7.05. The Morgan fingerprint density at radius 3 is 2.10 bits per heavy atom. The van der Waals surface area contributed by atoms with Gasteiger partial charge in [0.1, 0.15) is 0 Å². The number of hydrogen-bond donors (Lipinski definition) is 1. The van der Waals surface area contributed by atoms with Crippen LogP contribution in [0.1, 0.15) is 32.4 Å². The first-order valence-electron chi connectivity index (χ1n) is 7.59. The van der Waals surface area contributed by atoms with Gasteiger partial charge < -0.3 is 14.4 Å². The minimum Gasteiger partial charge on any atom is -0.415 e. The highest BCUT2D eigenvalue weighted by atomic mass is 28.4. The van der Waals surface area contributed by atoms with Crippen molar-refractivity contribution in [2.24, 2.45) is 0 Å². The molecule has 120 valence electrons. The molecule has 0 fully saturated rings. The highest BCUT2D eigenvalue weighted by Crippen LogP contribution is 2.37. The molecule has 0 amide bonds. The summed E-state index contributed by atoms with van der Waals surface area (Å²) < 4.78 is 6.30. The summed E-state index contributed by atoms with van der Waals surface area (Å²) in [5.41, 5.74) is 0.940. The van der Waals surface area contributed by atoms with Crippen LogP contribution in [0, 0.1) is 0 Å². The van der Waals surface area contributed by atoms with E-state index in [2.05, 4.69) is 33.9 Å². The van der Waals surface area contributed by atoms with E-state index in [4.69, 9.17) is 4.43 Å². The Kier molecular flexibility index (Phi) is 6.17. The van der Waals surface area contributed by atoms with Crippen molar-refractivity contribution in [1.82, 2.24) is 4.90 Å². The molecule has 21 heavy (non-hydrogen) atoms. The lowest BCUT2D eigenvalue weighted by atomic mass is 10.0. The van der Waals surface area contributed by atoms with Crippen molar-refractivity contribution in [3.05, 3.63) is 35.9 Å². The molecule has 1 aromatic rings. The van der Waals surface area contributed by atoms with Crippen molar-refractivity contribution in [3.63, 3.8) is 0 Å². The zero-order valence-corrected chi connectivity index (χ0v) is 15.6. The lowest BCUT2D eigenvalue weighted by Gasteiger charge is -2.39. The summed E-state index contributed by atoms with van der Waals surface area (Å²) in [7, 11) is 2.19. The lowest BCUT2D eigenvalue weighted by molar-refractivity contribution is 0.0420. The van der Waals surface area contributed by atoms with Gasteiger partial charge in [-0.1, -0.05) is 51.1 Å². The molecule has 1 aromatic carbocycles. The van der Waals surface area contributed by atoms with Gasteiger partial charge in [-0.25, -0.2) is 0 Å². The van der Waals surface area contributed by atoms with Crippen molar-refractivity contribution >= 4 is 8.32 Å². The van der Waals surface area contributed by atoms with E-state index in [0.717, 1.165) is 5.56 Å². The van der Waals surface area contributed by atoms with E-state index in [-0.39, 0.29) is 11.1 Å². The third-order valence-electron chi connectivity index (χ3n) is 4.59. The van der Waals surface area contributed by atoms with Crippen molar-refractivity contribution in [2.75, 3.05) is 20.7 Å². The minimum atomic E-state index is -1.80. The molecule has 0 heterocycles. The Labute approximate surface area is 131 Å². The summed E-state index contributed by atoms with van der Waals surface area (Å²) in [4.78, 5) is 2.05. The van der Waals surface area contributed by atoms with E-state index in [1.54, 1.807) is 0 Å². The van der Waals surface area contributed by atoms with E-state index in [0.29, 0.717) is 6.61 Å². The van der Waals surface area contributed by atoms with Gasteiger partial charge in [-0.3, -0.25) is 0 Å². The molecule has 0 aliphatic heterocycles. The van der Waals surface area contributed by atoms with Gasteiger partial charge >= 0.3 is 0 Å². The van der Waals surface area contributed by atoms with E-state index < -0.39 is 14.4 Å². The topological polar surface area (TPSA) is 32.7 Å². The third-order valence-corrected chi connectivity index (χ3v) is 9.09. The van der Waals surface area contributed by atoms with Crippen LogP contribution in [0.2, 0.25) is 18.1 Å². The number of nitrogens with zero attached hydrogens (tertiary/aromatic N) is 1. The first-order chi connectivity index (χ1) is 9.56. The van der Waals surface area contributed by atoms with Crippen LogP contribution in [0.5, 0.6) is 0 Å². The zero-order valence-electron chi connectivity index (χ0n) is 14.6. The second-order valence-electron chi connectivity index (χ2n) is 7.46. The molecule has 0 spiro atoms. The van der Waals surface area contributed by atoms with Crippen LogP contribution in [-0.2, 0) is 4.43 Å². The predicted octanol–water partition coefficient (Wildman–Crippen LogP) is 3.67. The van der Waals surface area contributed by atoms with Gasteiger partial charge in [0, 0.05) is 0 Å². The first kappa shape index (κ1) is 18.4. The fourth-order valence-electron chi connectivity index (χ4n) is 1.91. The van der Waals surface area contributed by atoms with E-state index in [9.17, 15) is 5.11 Å². The quantitative estimate of drug-likeness (QED) is 0.814. The van der Waals surface area contributed by atoms with Crippen LogP contribution in [-0.4, -0.2) is 45.1 Å². The Hall–Kier alpha value is -0.683. The van der Waals surface area contributed by atoms with Gasteiger partial charge in [0.2, 0.25) is 0 Å². The van der Waals surface area contributed by atoms with Gasteiger partial charge in [0.05, 0.1) is 18.8 Å². The van der Waals surface area contributed by atoms with Crippen LogP contribution in [0.4, 0.5) is 0 Å². The maximum absolute atomic E-state index is 10.6. The first-order valence-corrected chi connectivity index (χ1v) is 10.5. The summed E-state index contributed by atoms with van der Waals surface area (Å²) in [5.74, 6) is 0. The van der Waals surface area contributed by atoms with E-state index in [1.807, 2.05) is 49.3 Å². The highest BCUT2D eigenvalue weighted by Gasteiger charge is 2.38. The predicted molar refractivity (Wildman–Crippen MR) is 92.0 cm³/mol. The fourth-order valence-corrected chi connectivity index (χ4v) is 2.93. The molecular formula is C17H31NO2Si. The summed E-state index contributed by atoms with van der Waals surface area (Å²) in [6, 6.07) is 9.77. The summed E-state index contributed by atoms with van der Waals surface area (Å²) in [6.45, 7) is 11.7. The normalized spacial score (nSPS) is 16.0. The Bertz CT molecular complexity index is 426. The number of benzene rings is 1. The van der Waals surface area contributed by atoms with Crippen LogP contribution in [0.15, 0.2) is 30.3 Å². The maximum Gasteiger partial charge on any atom is 0.192 e. The van der Waals surface area contributed by atoms with Crippen molar-refractivity contribution < 1.29 is 9.53 Å². The molecule has 1 rings (SSSR count). The summed E-state index contributed by atoms with van der Waals surface area (Å²) >= 11 is 0. The largest absolute Gasteiger partial charge is 0.415 e. The molecule has 0 aliphatic rings. The molecule has 1 N–H and O–H groups in total. The third kappa shape index (κ3) is 4.92. The number of rotatable bonds is 6. The van der Waals surface area contributed by atoms with Crippen molar-refractivity contribution in [3.8, 4) is 0 Å². The summed E-state index contributed by atoms with van der Waals surface area (Å²) in [6.07, 6.45) is -0.536. The van der Waals surface area contributed by atoms with Crippen molar-refractivity contribution in [2.45, 2.75) is 51.0 Å². The highest BCUT2D eigenvalue weighted by molar-refractivity contribution is 6.74. The molecule has 0 radical (unpaired) electrons. The van der Waals surface area contributed by atoms with Crippen LogP contribution in [0.3, 0.4) is 0 Å².